The number of rotatable bonds is 1. The number of benzene rings is 2. The van der Waals surface area contributed by atoms with E-state index < -0.39 is 0 Å². The summed E-state index contributed by atoms with van der Waals surface area (Å²) in [5.74, 6) is 8.18. The largest absolute Gasteiger partial charge is 0.0683 e. The summed E-state index contributed by atoms with van der Waals surface area (Å²) in [7, 11) is 0. The van der Waals surface area contributed by atoms with E-state index in [4.69, 9.17) is 0 Å². The maximum Gasteiger partial charge on any atom is 0.0249 e. The lowest BCUT2D eigenvalue weighted by molar-refractivity contribution is 0.348. The molecule has 0 atom stereocenters. The fourth-order valence-electron chi connectivity index (χ4n) is 3.21. The first kappa shape index (κ1) is 18.3. The molecule has 3 rings (SSSR count). The van der Waals surface area contributed by atoms with Gasteiger partial charge < -0.3 is 0 Å². The molecule has 1 aliphatic carbocycles. The van der Waals surface area contributed by atoms with Gasteiger partial charge in [-0.2, -0.15) is 0 Å². The SMILES string of the molecule is CC.Cc1ccc(C#Cc2ccc(C3CCC(C)CC3)cc2)cc1. The summed E-state index contributed by atoms with van der Waals surface area (Å²) >= 11 is 0. The lowest BCUT2D eigenvalue weighted by Gasteiger charge is -2.26. The van der Waals surface area contributed by atoms with Gasteiger partial charge in [0.05, 0.1) is 0 Å². The minimum atomic E-state index is 0.760. The van der Waals surface area contributed by atoms with E-state index in [0.29, 0.717) is 0 Å². The van der Waals surface area contributed by atoms with Crippen molar-refractivity contribution < 1.29 is 0 Å². The van der Waals surface area contributed by atoms with E-state index >= 15 is 0 Å². The third-order valence-electron chi connectivity index (χ3n) is 4.80. The van der Waals surface area contributed by atoms with Crippen molar-refractivity contribution in [1.29, 1.82) is 0 Å². The third kappa shape index (κ3) is 5.27. The summed E-state index contributed by atoms with van der Waals surface area (Å²) in [6.45, 7) is 8.47. The zero-order valence-corrected chi connectivity index (χ0v) is 15.6. The Hall–Kier alpha value is -2.00. The summed E-state index contributed by atoms with van der Waals surface area (Å²) in [5, 5.41) is 0. The predicted octanol–water partition coefficient (Wildman–Crippen LogP) is 6.71. The lowest BCUT2D eigenvalue weighted by atomic mass is 9.79. The molecule has 0 saturated heterocycles. The van der Waals surface area contributed by atoms with Gasteiger partial charge in [-0.05, 0) is 61.4 Å². The van der Waals surface area contributed by atoms with Gasteiger partial charge in [-0.25, -0.2) is 0 Å². The van der Waals surface area contributed by atoms with Crippen molar-refractivity contribution in [3.8, 4) is 11.8 Å². The maximum absolute atomic E-state index is 3.27. The summed E-state index contributed by atoms with van der Waals surface area (Å²) in [6.07, 6.45) is 5.43. The van der Waals surface area contributed by atoms with Crippen LogP contribution in [0, 0.1) is 24.7 Å². The molecule has 1 fully saturated rings. The molecule has 0 unspecified atom stereocenters. The molecule has 0 N–H and O–H groups in total. The molecular formula is C24H30. The molecule has 0 bridgehead atoms. The summed E-state index contributed by atoms with van der Waals surface area (Å²) < 4.78 is 0. The highest BCUT2D eigenvalue weighted by Gasteiger charge is 2.19. The lowest BCUT2D eigenvalue weighted by Crippen LogP contribution is -2.10. The number of aryl methyl sites for hydroxylation is 1. The Kier molecular flexibility index (Phi) is 7.13. The van der Waals surface area contributed by atoms with Crippen molar-refractivity contribution in [3.05, 3.63) is 70.8 Å². The fraction of sp³-hybridized carbons (Fsp3) is 0.417. The molecule has 24 heavy (non-hydrogen) atoms. The molecule has 126 valence electrons. The minimum absolute atomic E-state index is 0.760. The maximum atomic E-state index is 3.27. The van der Waals surface area contributed by atoms with Crippen LogP contribution in [0.2, 0.25) is 0 Å². The second-order valence-corrected chi connectivity index (χ2v) is 6.69. The van der Waals surface area contributed by atoms with E-state index in [0.717, 1.165) is 23.0 Å². The molecule has 0 amide bonds. The van der Waals surface area contributed by atoms with Crippen LogP contribution < -0.4 is 0 Å². The Morgan fingerprint density at radius 3 is 1.67 bits per heavy atom. The van der Waals surface area contributed by atoms with Crippen molar-refractivity contribution >= 4 is 0 Å². The molecule has 0 radical (unpaired) electrons. The molecule has 0 aliphatic heterocycles. The third-order valence-corrected chi connectivity index (χ3v) is 4.80. The van der Waals surface area contributed by atoms with Gasteiger partial charge in [-0.3, -0.25) is 0 Å². The predicted molar refractivity (Wildman–Crippen MR) is 105 cm³/mol. The van der Waals surface area contributed by atoms with Gasteiger partial charge in [0.1, 0.15) is 0 Å². The van der Waals surface area contributed by atoms with Gasteiger partial charge in [0.25, 0.3) is 0 Å². The highest BCUT2D eigenvalue weighted by atomic mass is 14.2. The highest BCUT2D eigenvalue weighted by Crippen LogP contribution is 2.35. The van der Waals surface area contributed by atoms with Crippen molar-refractivity contribution in [3.63, 3.8) is 0 Å². The Morgan fingerprint density at radius 2 is 1.17 bits per heavy atom. The van der Waals surface area contributed by atoms with Gasteiger partial charge in [0.15, 0.2) is 0 Å². The molecule has 0 aromatic heterocycles. The van der Waals surface area contributed by atoms with E-state index in [2.05, 4.69) is 74.2 Å². The van der Waals surface area contributed by atoms with Crippen LogP contribution in [-0.4, -0.2) is 0 Å². The van der Waals surface area contributed by atoms with Crippen molar-refractivity contribution in [2.24, 2.45) is 5.92 Å². The smallest absolute Gasteiger partial charge is 0.0249 e. The van der Waals surface area contributed by atoms with Gasteiger partial charge >= 0.3 is 0 Å². The average Bonchev–Trinajstić information content (AvgIpc) is 2.64. The first-order valence-corrected chi connectivity index (χ1v) is 9.39. The van der Waals surface area contributed by atoms with Crippen LogP contribution in [0.15, 0.2) is 48.5 Å². The van der Waals surface area contributed by atoms with E-state index in [9.17, 15) is 0 Å². The minimum Gasteiger partial charge on any atom is -0.0683 e. The first-order chi connectivity index (χ1) is 11.7. The molecule has 1 saturated carbocycles. The van der Waals surface area contributed by atoms with Crippen molar-refractivity contribution in [2.75, 3.05) is 0 Å². The highest BCUT2D eigenvalue weighted by molar-refractivity contribution is 5.44. The molecule has 1 aliphatic rings. The first-order valence-electron chi connectivity index (χ1n) is 9.39. The van der Waals surface area contributed by atoms with Crippen LogP contribution in [0.3, 0.4) is 0 Å². The Morgan fingerprint density at radius 1 is 0.708 bits per heavy atom. The topological polar surface area (TPSA) is 0 Å². The average molecular weight is 319 g/mol. The molecule has 0 spiro atoms. The Labute approximate surface area is 148 Å². The quantitative estimate of drug-likeness (QED) is 0.512. The Balaban J connectivity index is 0.00000100. The summed E-state index contributed by atoms with van der Waals surface area (Å²) in [6, 6.07) is 17.3. The Bertz CT molecular complexity index is 657. The zero-order valence-electron chi connectivity index (χ0n) is 15.6. The molecule has 2 aromatic rings. The second-order valence-electron chi connectivity index (χ2n) is 6.69. The van der Waals surface area contributed by atoms with Gasteiger partial charge in [-0.15, -0.1) is 0 Å². The standard InChI is InChI=1S/C22H24.C2H6/c1-17-3-7-19(8-4-17)9-10-20-11-15-22(16-12-20)21-13-5-18(2)6-14-21;1-2/h3-4,7-8,11-12,15-16,18,21H,5-6,13-14H2,1-2H3;1-2H3. The van der Waals surface area contributed by atoms with Crippen molar-refractivity contribution in [2.45, 2.75) is 59.3 Å². The van der Waals surface area contributed by atoms with Crippen LogP contribution in [0.25, 0.3) is 0 Å². The van der Waals surface area contributed by atoms with Crippen LogP contribution in [0.4, 0.5) is 0 Å². The van der Waals surface area contributed by atoms with Crippen LogP contribution >= 0.6 is 0 Å². The number of hydrogen-bond donors (Lipinski definition) is 0. The van der Waals surface area contributed by atoms with E-state index in [1.165, 1.54) is 36.8 Å². The van der Waals surface area contributed by atoms with Crippen LogP contribution in [-0.2, 0) is 0 Å². The van der Waals surface area contributed by atoms with Gasteiger partial charge in [0.2, 0.25) is 0 Å². The molecule has 2 aromatic carbocycles. The van der Waals surface area contributed by atoms with Crippen LogP contribution in [0.1, 0.15) is 74.6 Å². The molecule has 0 heteroatoms. The second kappa shape index (κ2) is 9.33. The van der Waals surface area contributed by atoms with Crippen LogP contribution in [0.5, 0.6) is 0 Å². The summed E-state index contributed by atoms with van der Waals surface area (Å²) in [5.41, 5.74) is 4.95. The van der Waals surface area contributed by atoms with Gasteiger partial charge in [-0.1, -0.05) is 75.3 Å². The van der Waals surface area contributed by atoms with Crippen molar-refractivity contribution in [1.82, 2.24) is 0 Å². The monoisotopic (exact) mass is 318 g/mol. The molecule has 0 nitrogen and oxygen atoms in total. The zero-order chi connectivity index (χ0) is 17.4. The van der Waals surface area contributed by atoms with Gasteiger partial charge in [0, 0.05) is 11.1 Å². The molecular weight excluding hydrogens is 288 g/mol. The molecule has 0 heterocycles. The summed E-state index contributed by atoms with van der Waals surface area (Å²) in [4.78, 5) is 0. The number of hydrogen-bond acceptors (Lipinski definition) is 0. The van der Waals surface area contributed by atoms with E-state index in [1.807, 2.05) is 13.8 Å². The normalized spacial score (nSPS) is 19.5. The van der Waals surface area contributed by atoms with E-state index in [-0.39, 0.29) is 0 Å². The fourth-order valence-corrected chi connectivity index (χ4v) is 3.21. The van der Waals surface area contributed by atoms with E-state index in [1.54, 1.807) is 0 Å².